The van der Waals surface area contributed by atoms with Crippen LogP contribution in [0.25, 0.3) is 6.08 Å². The zero-order chi connectivity index (χ0) is 41.5. The highest BCUT2D eigenvalue weighted by molar-refractivity contribution is 5.87. The van der Waals surface area contributed by atoms with Crippen molar-refractivity contribution in [3.05, 3.63) is 91.0 Å². The molecule has 16 nitrogen and oxygen atoms in total. The van der Waals surface area contributed by atoms with Crippen LogP contribution in [-0.2, 0) is 63.5 Å². The third-order valence-corrected chi connectivity index (χ3v) is 8.58. The fraction of sp³-hybridized carbons (Fsp3) is 0.463. The van der Waals surface area contributed by atoms with Crippen LogP contribution >= 0.6 is 0 Å². The van der Waals surface area contributed by atoms with Crippen molar-refractivity contribution >= 4 is 30.0 Å². The summed E-state index contributed by atoms with van der Waals surface area (Å²) in [4.78, 5) is 49.2. The van der Waals surface area contributed by atoms with Crippen LogP contribution in [0.1, 0.15) is 38.8 Å². The summed E-state index contributed by atoms with van der Waals surface area (Å²) >= 11 is 0. The van der Waals surface area contributed by atoms with E-state index in [2.05, 4.69) is 13.2 Å². The second-order valence-corrected chi connectivity index (χ2v) is 13.1. The lowest BCUT2D eigenvalue weighted by Crippen LogP contribution is -2.65. The second kappa shape index (κ2) is 22.0. The standard InChI is InChI=1S/C41H50O16/c1-7-20-48-30-14-9-28(10-15-30)13-18-33(45)51-23-32-34(46)37(35(47)40(56-32)50-22-19-29-11-16-31(17-12-29)49-21-8-2)57-41-39(55-27(6)44)38(54-26(5)43)36(24(3)52-41)53-25(4)42/h7-18,24,32,34-41,46-47H,1-2,19-23H2,3-6H3/b18-13+/t24-,32+,34+,35+,36-,37-,38+,39+,40+,41-/m0/s1. The molecule has 2 N–H and O–H groups in total. The third kappa shape index (κ3) is 13.5. The number of rotatable bonds is 19. The Bertz CT molecular complexity index is 1670. The highest BCUT2D eigenvalue weighted by atomic mass is 16.8. The Morgan fingerprint density at radius 1 is 0.719 bits per heavy atom. The fourth-order valence-electron chi connectivity index (χ4n) is 5.98. The number of hydrogen-bond acceptors (Lipinski definition) is 16. The minimum Gasteiger partial charge on any atom is -0.490 e. The molecule has 0 bridgehead atoms. The summed E-state index contributed by atoms with van der Waals surface area (Å²) in [5, 5.41) is 23.1. The van der Waals surface area contributed by atoms with Gasteiger partial charge in [-0.1, -0.05) is 49.6 Å². The Labute approximate surface area is 330 Å². The Kier molecular flexibility index (Phi) is 17.2. The van der Waals surface area contributed by atoms with Crippen LogP contribution in [0, 0.1) is 0 Å². The van der Waals surface area contributed by atoms with E-state index in [4.69, 9.17) is 47.4 Å². The van der Waals surface area contributed by atoms with Crippen molar-refractivity contribution in [1.82, 2.24) is 0 Å². The van der Waals surface area contributed by atoms with Crippen molar-refractivity contribution < 1.29 is 76.8 Å². The van der Waals surface area contributed by atoms with Gasteiger partial charge in [-0.2, -0.15) is 0 Å². The molecular formula is C41H50O16. The van der Waals surface area contributed by atoms with E-state index in [1.165, 1.54) is 19.1 Å². The second-order valence-electron chi connectivity index (χ2n) is 13.1. The van der Waals surface area contributed by atoms with Crippen LogP contribution < -0.4 is 9.47 Å². The number of aliphatic hydroxyl groups excluding tert-OH is 2. The first-order valence-electron chi connectivity index (χ1n) is 18.3. The van der Waals surface area contributed by atoms with E-state index in [9.17, 15) is 29.4 Å². The van der Waals surface area contributed by atoms with Crippen molar-refractivity contribution in [2.45, 2.75) is 95.5 Å². The summed E-state index contributed by atoms with van der Waals surface area (Å²) in [5.41, 5.74) is 1.56. The highest BCUT2D eigenvalue weighted by Gasteiger charge is 2.54. The van der Waals surface area contributed by atoms with Gasteiger partial charge < -0.3 is 57.6 Å². The van der Waals surface area contributed by atoms with Gasteiger partial charge in [-0.15, -0.1) is 0 Å². The first-order chi connectivity index (χ1) is 27.3. The van der Waals surface area contributed by atoms with E-state index in [1.54, 1.807) is 48.6 Å². The topological polar surface area (TPSA) is 201 Å². The minimum absolute atomic E-state index is 0.0374. The van der Waals surface area contributed by atoms with Gasteiger partial charge in [0.25, 0.3) is 0 Å². The molecule has 4 rings (SSSR count). The lowest BCUT2D eigenvalue weighted by atomic mass is 9.96. The van der Waals surface area contributed by atoms with E-state index in [0.29, 0.717) is 36.7 Å². The van der Waals surface area contributed by atoms with Crippen molar-refractivity contribution in [2.24, 2.45) is 0 Å². The molecular weight excluding hydrogens is 748 g/mol. The molecule has 0 saturated carbocycles. The molecule has 2 fully saturated rings. The highest BCUT2D eigenvalue weighted by Crippen LogP contribution is 2.33. The van der Waals surface area contributed by atoms with Crippen molar-refractivity contribution in [2.75, 3.05) is 26.4 Å². The van der Waals surface area contributed by atoms with Crippen LogP contribution in [0.4, 0.5) is 0 Å². The zero-order valence-electron chi connectivity index (χ0n) is 32.3. The fourth-order valence-corrected chi connectivity index (χ4v) is 5.98. The van der Waals surface area contributed by atoms with Gasteiger partial charge in [0.2, 0.25) is 0 Å². The monoisotopic (exact) mass is 798 g/mol. The molecule has 0 aromatic heterocycles. The zero-order valence-corrected chi connectivity index (χ0v) is 32.3. The number of hydrogen-bond donors (Lipinski definition) is 2. The van der Waals surface area contributed by atoms with Crippen molar-refractivity contribution in [3.63, 3.8) is 0 Å². The molecule has 2 aromatic carbocycles. The Hall–Kier alpha value is -5.10. The molecule has 0 aliphatic carbocycles. The van der Waals surface area contributed by atoms with Gasteiger partial charge in [-0.05, 0) is 54.8 Å². The van der Waals surface area contributed by atoms with Crippen LogP contribution in [0.15, 0.2) is 79.9 Å². The Balaban J connectivity index is 1.53. The summed E-state index contributed by atoms with van der Waals surface area (Å²) in [5.74, 6) is -1.82. The van der Waals surface area contributed by atoms with Gasteiger partial charge in [0.15, 0.2) is 30.9 Å². The molecule has 2 aliphatic rings. The predicted molar refractivity (Wildman–Crippen MR) is 200 cm³/mol. The lowest BCUT2D eigenvalue weighted by molar-refractivity contribution is -0.358. The molecule has 16 heteroatoms. The maximum Gasteiger partial charge on any atom is 0.330 e. The molecule has 10 atom stereocenters. The van der Waals surface area contributed by atoms with Crippen molar-refractivity contribution in [1.29, 1.82) is 0 Å². The summed E-state index contributed by atoms with van der Waals surface area (Å²) < 4.78 is 56.7. The molecule has 0 amide bonds. The quantitative estimate of drug-likeness (QED) is 0.0909. The first kappa shape index (κ1) is 44.6. The Morgan fingerprint density at radius 3 is 1.86 bits per heavy atom. The van der Waals surface area contributed by atoms with Gasteiger partial charge >= 0.3 is 23.9 Å². The molecule has 2 saturated heterocycles. The molecule has 310 valence electrons. The number of benzene rings is 2. The third-order valence-electron chi connectivity index (χ3n) is 8.58. The Morgan fingerprint density at radius 2 is 1.28 bits per heavy atom. The lowest BCUT2D eigenvalue weighted by Gasteiger charge is -2.47. The summed E-state index contributed by atoms with van der Waals surface area (Å²) in [6.07, 6.45) is -8.08. The van der Waals surface area contributed by atoms with Gasteiger partial charge in [-0.25, -0.2) is 4.79 Å². The van der Waals surface area contributed by atoms with E-state index in [-0.39, 0.29) is 6.61 Å². The first-order valence-corrected chi connectivity index (χ1v) is 18.3. The van der Waals surface area contributed by atoms with E-state index in [1.807, 2.05) is 12.1 Å². The van der Waals surface area contributed by atoms with Gasteiger partial charge in [-0.3, -0.25) is 14.4 Å². The number of carbonyl (C=O) groups excluding carboxylic acids is 4. The maximum atomic E-state index is 12.8. The molecule has 2 aliphatic heterocycles. The smallest absolute Gasteiger partial charge is 0.330 e. The van der Waals surface area contributed by atoms with E-state index < -0.39 is 91.9 Å². The molecule has 0 radical (unpaired) electrons. The predicted octanol–water partition coefficient (Wildman–Crippen LogP) is 3.00. The average molecular weight is 799 g/mol. The van der Waals surface area contributed by atoms with E-state index >= 15 is 0 Å². The molecule has 2 aromatic rings. The van der Waals surface area contributed by atoms with Crippen LogP contribution in [0.2, 0.25) is 0 Å². The van der Waals surface area contributed by atoms with Gasteiger partial charge in [0.05, 0.1) is 12.7 Å². The number of aliphatic hydroxyl groups is 2. The largest absolute Gasteiger partial charge is 0.490 e. The van der Waals surface area contributed by atoms with Crippen LogP contribution in [-0.4, -0.2) is 122 Å². The van der Waals surface area contributed by atoms with E-state index in [0.717, 1.165) is 26.3 Å². The summed E-state index contributed by atoms with van der Waals surface area (Å²) in [6.45, 7) is 12.3. The van der Waals surface area contributed by atoms with Gasteiger partial charge in [0.1, 0.15) is 55.7 Å². The molecule has 0 spiro atoms. The number of ether oxygens (including phenoxy) is 10. The summed E-state index contributed by atoms with van der Waals surface area (Å²) in [6, 6.07) is 14.2. The molecule has 2 heterocycles. The van der Waals surface area contributed by atoms with Crippen LogP contribution in [0.5, 0.6) is 11.5 Å². The minimum atomic E-state index is -1.68. The maximum absolute atomic E-state index is 12.8. The molecule has 0 unspecified atom stereocenters. The SMILES string of the molecule is C=CCOc1ccc(/C=C/C(=O)OC[C@H]2O[C@@H](OCCc3ccc(OCC=C)cc3)[C@H](O)[C@@H](O[C@@H]3O[C@@H](C)[C@H](OC(C)=O)[C@@H](OC(C)=O)[C@H]3OC(C)=O)[C@@H]2O)cc1. The number of carbonyl (C=O) groups is 4. The average Bonchev–Trinajstić information content (AvgIpc) is 3.17. The van der Waals surface area contributed by atoms with Crippen LogP contribution in [0.3, 0.4) is 0 Å². The number of esters is 4. The van der Waals surface area contributed by atoms with Gasteiger partial charge in [0, 0.05) is 26.8 Å². The summed E-state index contributed by atoms with van der Waals surface area (Å²) in [7, 11) is 0. The van der Waals surface area contributed by atoms with Crippen molar-refractivity contribution in [3.8, 4) is 11.5 Å². The molecule has 57 heavy (non-hydrogen) atoms. The normalized spacial score (nSPS) is 27.1.